The molecule has 0 bridgehead atoms. The van der Waals surface area contributed by atoms with Crippen LogP contribution in [0.15, 0.2) is 18.3 Å². The van der Waals surface area contributed by atoms with Gasteiger partial charge in [-0.05, 0) is 12.5 Å². The summed E-state index contributed by atoms with van der Waals surface area (Å²) in [4.78, 5) is 31.9. The van der Waals surface area contributed by atoms with Gasteiger partial charge in [0.2, 0.25) is 11.8 Å². The van der Waals surface area contributed by atoms with E-state index >= 15 is 0 Å². The molecule has 1 aromatic rings. The number of rotatable bonds is 4. The second-order valence-electron chi connectivity index (χ2n) is 6.87. The molecule has 2 saturated heterocycles. The Morgan fingerprint density at radius 1 is 1.25 bits per heavy atom. The number of piperazine rings is 1. The van der Waals surface area contributed by atoms with E-state index in [-0.39, 0.29) is 18.9 Å². The predicted octanol–water partition coefficient (Wildman–Crippen LogP) is 0.164. The number of nitrogens with zero attached hydrogens (tertiary/aromatic N) is 3. The number of nitrogens with one attached hydrogen (secondary N) is 3. The molecule has 2 atom stereocenters. The van der Waals surface area contributed by atoms with E-state index in [0.29, 0.717) is 32.0 Å². The molecule has 3 heterocycles. The molecule has 0 radical (unpaired) electrons. The first-order chi connectivity index (χ1) is 13.3. The van der Waals surface area contributed by atoms with E-state index in [1.807, 2.05) is 11.0 Å². The van der Waals surface area contributed by atoms with Crippen molar-refractivity contribution in [3.05, 3.63) is 23.9 Å². The Bertz CT molecular complexity index is 721. The Morgan fingerprint density at radius 3 is 2.57 bits per heavy atom. The third-order valence-corrected chi connectivity index (χ3v) is 4.96. The van der Waals surface area contributed by atoms with Gasteiger partial charge in [-0.25, -0.2) is 15.8 Å². The third-order valence-electron chi connectivity index (χ3n) is 4.96. The average molecular weight is 400 g/mol. The normalized spacial score (nSPS) is 23.0. The molecule has 0 aliphatic carbocycles. The Morgan fingerprint density at radius 2 is 1.96 bits per heavy atom. The van der Waals surface area contributed by atoms with E-state index in [0.717, 1.165) is 5.56 Å². The zero-order valence-corrected chi connectivity index (χ0v) is 15.4. The molecule has 2 amide bonds. The van der Waals surface area contributed by atoms with E-state index in [9.17, 15) is 22.8 Å². The van der Waals surface area contributed by atoms with Crippen molar-refractivity contribution in [2.24, 2.45) is 0 Å². The van der Waals surface area contributed by atoms with Crippen LogP contribution in [0.5, 0.6) is 0 Å². The van der Waals surface area contributed by atoms with Crippen molar-refractivity contribution in [1.29, 1.82) is 0 Å². The number of carbonyl (C=O) groups excluding carboxylic acids is 2. The molecule has 11 heteroatoms. The number of hydrogen-bond acceptors (Lipinski definition) is 6. The van der Waals surface area contributed by atoms with Crippen LogP contribution in [0.2, 0.25) is 0 Å². The van der Waals surface area contributed by atoms with Crippen molar-refractivity contribution < 1.29 is 22.8 Å². The van der Waals surface area contributed by atoms with Crippen LogP contribution in [0.3, 0.4) is 0 Å². The minimum atomic E-state index is -4.40. The maximum absolute atomic E-state index is 12.7. The van der Waals surface area contributed by atoms with Crippen LogP contribution >= 0.6 is 0 Å². The molecule has 0 saturated carbocycles. The van der Waals surface area contributed by atoms with Gasteiger partial charge in [-0.1, -0.05) is 6.07 Å². The van der Waals surface area contributed by atoms with Crippen LogP contribution in [0, 0.1) is 0 Å². The lowest BCUT2D eigenvalue weighted by atomic mass is 10.1. The van der Waals surface area contributed by atoms with Crippen LogP contribution in [-0.2, 0) is 16.1 Å². The van der Waals surface area contributed by atoms with Gasteiger partial charge in [-0.2, -0.15) is 13.2 Å². The molecule has 28 heavy (non-hydrogen) atoms. The Kier molecular flexibility index (Phi) is 6.04. The first-order valence-electron chi connectivity index (χ1n) is 9.05. The highest BCUT2D eigenvalue weighted by atomic mass is 19.4. The highest BCUT2D eigenvalue weighted by Gasteiger charge is 2.45. The van der Waals surface area contributed by atoms with E-state index in [4.69, 9.17) is 0 Å². The summed E-state index contributed by atoms with van der Waals surface area (Å²) in [7, 11) is 0. The van der Waals surface area contributed by atoms with E-state index < -0.39 is 24.2 Å². The van der Waals surface area contributed by atoms with Crippen molar-refractivity contribution >= 4 is 17.6 Å². The Labute approximate surface area is 160 Å². The molecule has 1 aromatic heterocycles. The lowest BCUT2D eigenvalue weighted by molar-refractivity contribution is -0.153. The number of anilines is 1. The molecule has 2 aliphatic heterocycles. The highest BCUT2D eigenvalue weighted by molar-refractivity contribution is 5.82. The van der Waals surface area contributed by atoms with Gasteiger partial charge in [0, 0.05) is 51.4 Å². The minimum absolute atomic E-state index is 0.0305. The number of hydrazine groups is 1. The molecular formula is C17H23F3N6O2. The van der Waals surface area contributed by atoms with Gasteiger partial charge in [0.05, 0.1) is 0 Å². The zero-order chi connectivity index (χ0) is 20.3. The van der Waals surface area contributed by atoms with Crippen molar-refractivity contribution in [2.75, 3.05) is 31.1 Å². The zero-order valence-electron chi connectivity index (χ0n) is 15.4. The van der Waals surface area contributed by atoms with Crippen LogP contribution in [-0.4, -0.2) is 66.1 Å². The first kappa shape index (κ1) is 20.3. The number of alkyl halides is 3. The second-order valence-corrected chi connectivity index (χ2v) is 6.87. The summed E-state index contributed by atoms with van der Waals surface area (Å²) >= 11 is 0. The molecule has 0 aromatic carbocycles. The molecular weight excluding hydrogens is 377 g/mol. The third kappa shape index (κ3) is 4.71. The molecule has 2 unspecified atom stereocenters. The fourth-order valence-electron chi connectivity index (χ4n) is 3.33. The lowest BCUT2D eigenvalue weighted by Gasteiger charge is -2.35. The Balaban J connectivity index is 1.57. The minimum Gasteiger partial charge on any atom is -0.353 e. The largest absolute Gasteiger partial charge is 0.405 e. The highest BCUT2D eigenvalue weighted by Crippen LogP contribution is 2.26. The standard InChI is InChI=1S/C17H23F3N6O2/c1-11(27)25-5-7-26(8-6-25)15-12(3-2-4-21-15)10-22-16(28)13-9-14(24-23-13)17(18,19)20/h2-4,13-14,23-24H,5-10H2,1H3,(H,22,28). The van der Waals surface area contributed by atoms with Gasteiger partial charge < -0.3 is 15.1 Å². The number of pyridine rings is 1. The van der Waals surface area contributed by atoms with Gasteiger partial charge in [0.25, 0.3) is 0 Å². The topological polar surface area (TPSA) is 89.6 Å². The van der Waals surface area contributed by atoms with Gasteiger partial charge in [0.1, 0.15) is 17.9 Å². The SMILES string of the molecule is CC(=O)N1CCN(c2ncccc2CNC(=O)C2CC(C(F)(F)F)NN2)CC1. The van der Waals surface area contributed by atoms with Crippen molar-refractivity contribution in [3.63, 3.8) is 0 Å². The molecule has 2 aliphatic rings. The smallest absolute Gasteiger partial charge is 0.353 e. The van der Waals surface area contributed by atoms with Crippen molar-refractivity contribution in [2.45, 2.75) is 38.1 Å². The molecule has 0 spiro atoms. The summed E-state index contributed by atoms with van der Waals surface area (Å²) in [6.07, 6.45) is -3.11. The van der Waals surface area contributed by atoms with Gasteiger partial charge in [-0.3, -0.25) is 9.59 Å². The fourth-order valence-corrected chi connectivity index (χ4v) is 3.33. The van der Waals surface area contributed by atoms with Crippen LogP contribution in [0.4, 0.5) is 19.0 Å². The summed E-state index contributed by atoms with van der Waals surface area (Å²) < 4.78 is 38.1. The predicted molar refractivity (Wildman–Crippen MR) is 95.1 cm³/mol. The fraction of sp³-hybridized carbons (Fsp3) is 0.588. The van der Waals surface area contributed by atoms with Crippen LogP contribution in [0.1, 0.15) is 18.9 Å². The quantitative estimate of drug-likeness (QED) is 0.668. The van der Waals surface area contributed by atoms with E-state index in [1.54, 1.807) is 17.2 Å². The lowest BCUT2D eigenvalue weighted by Crippen LogP contribution is -2.48. The van der Waals surface area contributed by atoms with Gasteiger partial charge in [0.15, 0.2) is 0 Å². The molecule has 154 valence electrons. The van der Waals surface area contributed by atoms with Gasteiger partial charge in [-0.15, -0.1) is 0 Å². The second kappa shape index (κ2) is 8.31. The van der Waals surface area contributed by atoms with Gasteiger partial charge >= 0.3 is 6.18 Å². The summed E-state index contributed by atoms with van der Waals surface area (Å²) in [6, 6.07) is 0.866. The van der Waals surface area contributed by atoms with Crippen molar-refractivity contribution in [3.8, 4) is 0 Å². The van der Waals surface area contributed by atoms with Crippen LogP contribution < -0.4 is 21.1 Å². The van der Waals surface area contributed by atoms with Crippen LogP contribution in [0.25, 0.3) is 0 Å². The Hall–Kier alpha value is -2.40. The average Bonchev–Trinajstić information content (AvgIpc) is 3.17. The maximum atomic E-state index is 12.7. The maximum Gasteiger partial charge on any atom is 0.405 e. The number of halogens is 3. The summed E-state index contributed by atoms with van der Waals surface area (Å²) in [5.41, 5.74) is 5.28. The summed E-state index contributed by atoms with van der Waals surface area (Å²) in [5.74, 6) is 0.232. The monoisotopic (exact) mass is 400 g/mol. The number of carbonyl (C=O) groups is 2. The molecule has 3 N–H and O–H groups in total. The summed E-state index contributed by atoms with van der Waals surface area (Å²) in [6.45, 7) is 4.12. The number of hydrogen-bond donors (Lipinski definition) is 3. The first-order valence-corrected chi connectivity index (χ1v) is 9.05. The molecule has 3 rings (SSSR count). The van der Waals surface area contributed by atoms with E-state index in [1.165, 1.54) is 6.92 Å². The number of aromatic nitrogens is 1. The van der Waals surface area contributed by atoms with Crippen molar-refractivity contribution in [1.82, 2.24) is 26.1 Å². The van der Waals surface area contributed by atoms with E-state index in [2.05, 4.69) is 21.2 Å². The number of amides is 2. The molecule has 2 fully saturated rings. The summed E-state index contributed by atoms with van der Waals surface area (Å²) in [5, 5.41) is 2.68. The molecule has 8 nitrogen and oxygen atoms in total.